The Morgan fingerprint density at radius 2 is 2.07 bits per heavy atom. The Hall–Kier alpha value is -2.20. The molecule has 10 heteroatoms. The van der Waals surface area contributed by atoms with Gasteiger partial charge in [-0.3, -0.25) is 14.9 Å². The van der Waals surface area contributed by atoms with E-state index in [2.05, 4.69) is 16.0 Å². The van der Waals surface area contributed by atoms with Gasteiger partial charge in [-0.15, -0.1) is 0 Å². The zero-order valence-corrected chi connectivity index (χ0v) is 15.1. The molecule has 0 aromatic heterocycles. The highest BCUT2D eigenvalue weighted by atomic mass is 19.4. The molecule has 3 N–H and O–H groups in total. The van der Waals surface area contributed by atoms with Crippen LogP contribution in [0.4, 0.5) is 17.6 Å². The predicted octanol–water partition coefficient (Wildman–Crippen LogP) is 1.86. The van der Waals surface area contributed by atoms with E-state index in [0.29, 0.717) is 6.07 Å². The maximum Gasteiger partial charge on any atom is 0.419 e. The van der Waals surface area contributed by atoms with E-state index >= 15 is 0 Å². The lowest BCUT2D eigenvalue weighted by atomic mass is 9.99. The number of nitrogens with one attached hydrogen (secondary N) is 3. The fraction of sp³-hybridized carbons (Fsp3) is 0.556. The molecule has 28 heavy (non-hydrogen) atoms. The third kappa shape index (κ3) is 4.79. The largest absolute Gasteiger partial charge is 0.419 e. The molecule has 2 amide bonds. The van der Waals surface area contributed by atoms with Crippen LogP contribution in [0, 0.1) is 11.7 Å². The molecular formula is C18H21F4N3O3. The van der Waals surface area contributed by atoms with E-state index < -0.39 is 41.7 Å². The molecule has 1 saturated heterocycles. The second-order valence-electron chi connectivity index (χ2n) is 7.06. The molecule has 1 heterocycles. The smallest absolute Gasteiger partial charge is 0.381 e. The van der Waals surface area contributed by atoms with Gasteiger partial charge in [0.1, 0.15) is 12.0 Å². The van der Waals surface area contributed by atoms with Gasteiger partial charge in [0.15, 0.2) is 0 Å². The number of halogens is 4. The minimum absolute atomic E-state index is 0.0206. The molecule has 2 fully saturated rings. The first kappa shape index (κ1) is 20.5. The van der Waals surface area contributed by atoms with Crippen molar-refractivity contribution in [3.05, 3.63) is 35.1 Å². The maximum atomic E-state index is 14.0. The first-order valence-electron chi connectivity index (χ1n) is 8.90. The molecule has 154 valence electrons. The lowest BCUT2D eigenvalue weighted by Crippen LogP contribution is -2.62. The highest BCUT2D eigenvalue weighted by Crippen LogP contribution is 2.42. The molecule has 1 aromatic carbocycles. The van der Waals surface area contributed by atoms with Gasteiger partial charge in [-0.1, -0.05) is 6.07 Å². The van der Waals surface area contributed by atoms with Crippen LogP contribution in [0.15, 0.2) is 18.2 Å². The van der Waals surface area contributed by atoms with Crippen LogP contribution in [0.2, 0.25) is 0 Å². The van der Waals surface area contributed by atoms with Gasteiger partial charge in [0.05, 0.1) is 30.7 Å². The van der Waals surface area contributed by atoms with Crippen molar-refractivity contribution < 1.29 is 31.9 Å². The van der Waals surface area contributed by atoms with Crippen LogP contribution < -0.4 is 16.0 Å². The number of carbonyl (C=O) groups excluding carboxylic acids is 2. The van der Waals surface area contributed by atoms with Crippen LogP contribution in [-0.2, 0) is 20.5 Å². The molecule has 1 aliphatic carbocycles. The van der Waals surface area contributed by atoms with E-state index in [9.17, 15) is 27.2 Å². The van der Waals surface area contributed by atoms with E-state index in [0.717, 1.165) is 18.9 Å². The molecule has 0 bridgehead atoms. The van der Waals surface area contributed by atoms with Gasteiger partial charge in [0, 0.05) is 7.11 Å². The molecule has 3 rings (SSSR count). The molecule has 2 aliphatic rings. The summed E-state index contributed by atoms with van der Waals surface area (Å²) in [5, 5.41) is 8.35. The minimum atomic E-state index is -4.78. The number of methoxy groups -OCH3 is 1. The summed E-state index contributed by atoms with van der Waals surface area (Å²) >= 11 is 0. The van der Waals surface area contributed by atoms with E-state index in [-0.39, 0.29) is 30.4 Å². The Balaban J connectivity index is 1.74. The van der Waals surface area contributed by atoms with Crippen molar-refractivity contribution in [2.75, 3.05) is 13.7 Å². The van der Waals surface area contributed by atoms with Gasteiger partial charge < -0.3 is 15.4 Å². The standard InChI is InChI=1S/C18H21F4N3O3/c1-28-8-14-23-13(7-15(26)24-14)17(27)25-16(9-2-3-9)10-4-5-11(12(19)6-10)18(20,21)22/h4-6,9,13-14,16,23H,2-3,7-8H2,1H3,(H,24,26)(H,25,27)/t13?,14?,16-/m1/s1. The lowest BCUT2D eigenvalue weighted by Gasteiger charge is -2.31. The Morgan fingerprint density at radius 3 is 2.64 bits per heavy atom. The third-order valence-corrected chi connectivity index (χ3v) is 4.83. The van der Waals surface area contributed by atoms with Gasteiger partial charge in [-0.25, -0.2) is 4.39 Å². The highest BCUT2D eigenvalue weighted by Gasteiger charge is 2.39. The number of hydrogen-bond donors (Lipinski definition) is 3. The quantitative estimate of drug-likeness (QED) is 0.634. The Kier molecular flexibility index (Phi) is 5.90. The molecule has 0 spiro atoms. The monoisotopic (exact) mass is 403 g/mol. The number of hydrogen-bond acceptors (Lipinski definition) is 4. The topological polar surface area (TPSA) is 79.5 Å². The molecule has 0 radical (unpaired) electrons. The van der Waals surface area contributed by atoms with Gasteiger partial charge in [-0.05, 0) is 36.5 Å². The summed E-state index contributed by atoms with van der Waals surface area (Å²) in [4.78, 5) is 24.5. The molecule has 1 aromatic rings. The molecule has 1 aliphatic heterocycles. The van der Waals surface area contributed by atoms with E-state index in [1.807, 2.05) is 0 Å². The van der Waals surface area contributed by atoms with E-state index in [1.54, 1.807) is 0 Å². The van der Waals surface area contributed by atoms with Crippen molar-refractivity contribution >= 4 is 11.8 Å². The molecule has 1 saturated carbocycles. The lowest BCUT2D eigenvalue weighted by molar-refractivity contribution is -0.140. The van der Waals surface area contributed by atoms with Crippen molar-refractivity contribution in [2.24, 2.45) is 5.92 Å². The fourth-order valence-electron chi connectivity index (χ4n) is 3.32. The average molecular weight is 403 g/mol. The van der Waals surface area contributed by atoms with Gasteiger partial charge in [0.2, 0.25) is 11.8 Å². The van der Waals surface area contributed by atoms with Crippen molar-refractivity contribution in [1.29, 1.82) is 0 Å². The Bertz CT molecular complexity index is 752. The summed E-state index contributed by atoms with van der Waals surface area (Å²) in [6.07, 6.45) is -3.83. The zero-order chi connectivity index (χ0) is 20.5. The number of rotatable bonds is 6. The van der Waals surface area contributed by atoms with Gasteiger partial charge >= 0.3 is 6.18 Å². The second-order valence-corrected chi connectivity index (χ2v) is 7.06. The van der Waals surface area contributed by atoms with Crippen molar-refractivity contribution in [3.63, 3.8) is 0 Å². The van der Waals surface area contributed by atoms with Crippen molar-refractivity contribution in [2.45, 2.75) is 43.7 Å². The third-order valence-electron chi connectivity index (χ3n) is 4.83. The maximum absolute atomic E-state index is 14.0. The number of benzene rings is 1. The first-order chi connectivity index (χ1) is 13.2. The number of amides is 2. The van der Waals surface area contributed by atoms with Gasteiger partial charge in [0.25, 0.3) is 0 Å². The number of alkyl halides is 3. The molecule has 3 atom stereocenters. The van der Waals surface area contributed by atoms with Crippen LogP contribution in [0.3, 0.4) is 0 Å². The molecule has 2 unspecified atom stereocenters. The Labute approximate surface area is 159 Å². The zero-order valence-electron chi connectivity index (χ0n) is 15.1. The summed E-state index contributed by atoms with van der Waals surface area (Å²) in [6, 6.07) is 1.27. The Morgan fingerprint density at radius 1 is 1.36 bits per heavy atom. The second kappa shape index (κ2) is 8.04. The highest BCUT2D eigenvalue weighted by molar-refractivity contribution is 5.89. The van der Waals surface area contributed by atoms with Crippen molar-refractivity contribution in [3.8, 4) is 0 Å². The van der Waals surface area contributed by atoms with E-state index in [1.165, 1.54) is 13.2 Å². The average Bonchev–Trinajstić information content (AvgIpc) is 3.43. The predicted molar refractivity (Wildman–Crippen MR) is 90.4 cm³/mol. The summed E-state index contributed by atoms with van der Waals surface area (Å²) in [5.41, 5.74) is -1.07. The van der Waals surface area contributed by atoms with Crippen molar-refractivity contribution in [1.82, 2.24) is 16.0 Å². The van der Waals surface area contributed by atoms with E-state index in [4.69, 9.17) is 4.74 Å². The molecule has 6 nitrogen and oxygen atoms in total. The fourth-order valence-corrected chi connectivity index (χ4v) is 3.32. The number of ether oxygens (including phenoxy) is 1. The number of carbonyl (C=O) groups is 2. The van der Waals surface area contributed by atoms with Crippen LogP contribution in [0.5, 0.6) is 0 Å². The van der Waals surface area contributed by atoms with Crippen LogP contribution in [0.25, 0.3) is 0 Å². The van der Waals surface area contributed by atoms with Crippen LogP contribution in [-0.4, -0.2) is 37.7 Å². The van der Waals surface area contributed by atoms with Crippen LogP contribution in [0.1, 0.15) is 36.4 Å². The summed E-state index contributed by atoms with van der Waals surface area (Å²) in [7, 11) is 1.46. The minimum Gasteiger partial charge on any atom is -0.381 e. The summed E-state index contributed by atoms with van der Waals surface area (Å²) in [5.74, 6) is -2.13. The normalized spacial score (nSPS) is 23.8. The summed E-state index contributed by atoms with van der Waals surface area (Å²) in [6.45, 7) is 0.172. The van der Waals surface area contributed by atoms with Gasteiger partial charge in [-0.2, -0.15) is 13.2 Å². The van der Waals surface area contributed by atoms with Crippen LogP contribution >= 0.6 is 0 Å². The SMILES string of the molecule is COCC1NC(=O)CC(C(=O)N[C@@H](c2ccc(C(F)(F)F)c(F)c2)C2CC2)N1. The molecular weight excluding hydrogens is 382 g/mol. The first-order valence-corrected chi connectivity index (χ1v) is 8.90. The summed E-state index contributed by atoms with van der Waals surface area (Å²) < 4.78 is 57.2.